The molecule has 0 aromatic rings. The van der Waals surface area contributed by atoms with Gasteiger partial charge < -0.3 is 5.32 Å². The van der Waals surface area contributed by atoms with Crippen molar-refractivity contribution in [2.75, 3.05) is 12.3 Å². The van der Waals surface area contributed by atoms with Gasteiger partial charge in [0, 0.05) is 17.3 Å². The maximum absolute atomic E-state index is 3.52. The summed E-state index contributed by atoms with van der Waals surface area (Å²) in [5.41, 5.74) is 0. The van der Waals surface area contributed by atoms with Gasteiger partial charge in [-0.05, 0) is 0 Å². The molecule has 9 heavy (non-hydrogen) atoms. The third kappa shape index (κ3) is 1.99. The molecule has 0 aromatic heterocycles. The fraction of sp³-hybridized carbons (Fsp3) is 1.00. The SMILES string of the molecule is C[Si](C)(C)C1NCCS1. The Morgan fingerprint density at radius 2 is 2.11 bits per heavy atom. The topological polar surface area (TPSA) is 12.0 Å². The van der Waals surface area contributed by atoms with E-state index in [0.29, 0.717) is 0 Å². The van der Waals surface area contributed by atoms with Gasteiger partial charge in [-0.15, -0.1) is 11.8 Å². The van der Waals surface area contributed by atoms with Gasteiger partial charge in [0.1, 0.15) is 0 Å². The van der Waals surface area contributed by atoms with Gasteiger partial charge in [0.25, 0.3) is 0 Å². The van der Waals surface area contributed by atoms with Gasteiger partial charge in [-0.1, -0.05) is 19.6 Å². The first kappa shape index (κ1) is 7.63. The van der Waals surface area contributed by atoms with Crippen LogP contribution in [0.3, 0.4) is 0 Å². The second-order valence-electron chi connectivity index (χ2n) is 3.57. The predicted octanol–water partition coefficient (Wildman–Crippen LogP) is 1.53. The van der Waals surface area contributed by atoms with E-state index in [4.69, 9.17) is 0 Å². The lowest BCUT2D eigenvalue weighted by Crippen LogP contribution is -2.42. The molecule has 1 nitrogen and oxygen atoms in total. The van der Waals surface area contributed by atoms with Gasteiger partial charge in [0.05, 0.1) is 8.07 Å². The molecule has 1 saturated heterocycles. The molecule has 0 amide bonds. The highest BCUT2D eigenvalue weighted by molar-refractivity contribution is 8.01. The van der Waals surface area contributed by atoms with Crippen LogP contribution in [-0.4, -0.2) is 25.4 Å². The molecule has 0 saturated carbocycles. The van der Waals surface area contributed by atoms with Crippen molar-refractivity contribution in [2.45, 2.75) is 24.6 Å². The van der Waals surface area contributed by atoms with E-state index in [0.717, 1.165) is 5.00 Å². The third-order valence-electron chi connectivity index (χ3n) is 1.50. The fourth-order valence-corrected chi connectivity index (χ4v) is 4.80. The highest BCUT2D eigenvalue weighted by Gasteiger charge is 2.29. The van der Waals surface area contributed by atoms with Crippen LogP contribution in [0.15, 0.2) is 0 Å². The van der Waals surface area contributed by atoms with Crippen LogP contribution >= 0.6 is 11.8 Å². The van der Waals surface area contributed by atoms with Gasteiger partial charge in [0.2, 0.25) is 0 Å². The molecule has 1 rings (SSSR count). The Balaban J connectivity index is 2.42. The minimum atomic E-state index is -0.872. The molecule has 3 heteroatoms. The van der Waals surface area contributed by atoms with Gasteiger partial charge in [-0.3, -0.25) is 0 Å². The van der Waals surface area contributed by atoms with Crippen molar-refractivity contribution >= 4 is 19.8 Å². The van der Waals surface area contributed by atoms with Gasteiger partial charge >= 0.3 is 0 Å². The lowest BCUT2D eigenvalue weighted by molar-refractivity contribution is 0.827. The largest absolute Gasteiger partial charge is 0.307 e. The minimum Gasteiger partial charge on any atom is -0.307 e. The zero-order chi connectivity index (χ0) is 6.91. The van der Waals surface area contributed by atoms with Crippen molar-refractivity contribution in [1.82, 2.24) is 5.32 Å². The summed E-state index contributed by atoms with van der Waals surface area (Å²) >= 11 is 2.10. The Morgan fingerprint density at radius 1 is 1.44 bits per heavy atom. The smallest absolute Gasteiger partial charge is 0.0762 e. The molecular weight excluding hydrogens is 146 g/mol. The van der Waals surface area contributed by atoms with Crippen molar-refractivity contribution in [3.8, 4) is 0 Å². The maximum atomic E-state index is 3.52. The van der Waals surface area contributed by atoms with E-state index in [1.807, 2.05) is 0 Å². The normalized spacial score (nSPS) is 29.0. The summed E-state index contributed by atoms with van der Waals surface area (Å²) in [6, 6.07) is 0. The Hall–Kier alpha value is 0.527. The first-order valence-electron chi connectivity index (χ1n) is 3.46. The number of nitrogens with one attached hydrogen (secondary N) is 1. The summed E-state index contributed by atoms with van der Waals surface area (Å²) in [7, 11) is -0.872. The monoisotopic (exact) mass is 161 g/mol. The zero-order valence-corrected chi connectivity index (χ0v) is 8.22. The van der Waals surface area contributed by atoms with Crippen LogP contribution in [0.5, 0.6) is 0 Å². The number of hydrogen-bond donors (Lipinski definition) is 1. The Kier molecular flexibility index (Phi) is 2.24. The van der Waals surface area contributed by atoms with Crippen LogP contribution in [0.2, 0.25) is 19.6 Å². The van der Waals surface area contributed by atoms with Gasteiger partial charge in [-0.2, -0.15) is 0 Å². The summed E-state index contributed by atoms with van der Waals surface area (Å²) in [5.74, 6) is 1.31. The third-order valence-corrected chi connectivity index (χ3v) is 6.84. The van der Waals surface area contributed by atoms with E-state index in [1.54, 1.807) is 0 Å². The second kappa shape index (κ2) is 2.64. The predicted molar refractivity (Wildman–Crippen MR) is 47.6 cm³/mol. The quantitative estimate of drug-likeness (QED) is 0.585. The fourth-order valence-electron chi connectivity index (χ4n) is 0.982. The van der Waals surface area contributed by atoms with Crippen molar-refractivity contribution in [2.24, 2.45) is 0 Å². The number of thioether (sulfide) groups is 1. The Labute approximate surface area is 62.6 Å². The van der Waals surface area contributed by atoms with Crippen molar-refractivity contribution < 1.29 is 0 Å². The van der Waals surface area contributed by atoms with Crippen molar-refractivity contribution in [3.05, 3.63) is 0 Å². The lowest BCUT2D eigenvalue weighted by Gasteiger charge is -2.23. The van der Waals surface area contributed by atoms with Crippen LogP contribution in [-0.2, 0) is 0 Å². The molecule has 1 N–H and O–H groups in total. The molecule has 0 bridgehead atoms. The first-order chi connectivity index (χ1) is 4.11. The van der Waals surface area contributed by atoms with Gasteiger partial charge in [0.15, 0.2) is 0 Å². The molecular formula is C6H15NSSi. The molecule has 0 aliphatic carbocycles. The minimum absolute atomic E-state index is 0.817. The molecule has 1 aliphatic rings. The lowest BCUT2D eigenvalue weighted by atomic mass is 10.8. The van der Waals surface area contributed by atoms with Crippen molar-refractivity contribution in [3.63, 3.8) is 0 Å². The van der Waals surface area contributed by atoms with Gasteiger partial charge in [-0.25, -0.2) is 0 Å². The Morgan fingerprint density at radius 3 is 2.33 bits per heavy atom. The van der Waals surface area contributed by atoms with E-state index in [2.05, 4.69) is 36.7 Å². The molecule has 54 valence electrons. The first-order valence-corrected chi connectivity index (χ1v) is 8.08. The molecule has 1 unspecified atom stereocenters. The van der Waals surface area contributed by atoms with Crippen molar-refractivity contribution in [1.29, 1.82) is 0 Å². The molecule has 1 fully saturated rings. The van der Waals surface area contributed by atoms with Crippen LogP contribution in [0.25, 0.3) is 0 Å². The molecule has 1 aliphatic heterocycles. The maximum Gasteiger partial charge on any atom is 0.0762 e. The number of rotatable bonds is 1. The zero-order valence-electron chi connectivity index (χ0n) is 6.40. The standard InChI is InChI=1S/C6H15NSSi/c1-9(2,3)6-7-4-5-8-6/h6-7H,4-5H2,1-3H3. The summed E-state index contributed by atoms with van der Waals surface area (Å²) in [6.45, 7) is 8.48. The Bertz CT molecular complexity index is 93.7. The van der Waals surface area contributed by atoms with E-state index in [9.17, 15) is 0 Å². The average molecular weight is 161 g/mol. The molecule has 0 aromatic carbocycles. The summed E-state index contributed by atoms with van der Waals surface area (Å²) in [4.78, 5) is 0.817. The highest BCUT2D eigenvalue weighted by Crippen LogP contribution is 2.23. The van der Waals surface area contributed by atoms with E-state index in [-0.39, 0.29) is 0 Å². The van der Waals surface area contributed by atoms with Crippen LogP contribution < -0.4 is 5.32 Å². The van der Waals surface area contributed by atoms with Crippen LogP contribution in [0.1, 0.15) is 0 Å². The summed E-state index contributed by atoms with van der Waals surface area (Å²) < 4.78 is 0. The van der Waals surface area contributed by atoms with E-state index >= 15 is 0 Å². The summed E-state index contributed by atoms with van der Waals surface area (Å²) in [5, 5.41) is 3.52. The summed E-state index contributed by atoms with van der Waals surface area (Å²) in [6.07, 6.45) is 0. The molecule has 1 heterocycles. The molecule has 0 radical (unpaired) electrons. The van der Waals surface area contributed by atoms with E-state index < -0.39 is 8.07 Å². The van der Waals surface area contributed by atoms with Crippen LogP contribution in [0, 0.1) is 0 Å². The van der Waals surface area contributed by atoms with E-state index in [1.165, 1.54) is 12.3 Å². The number of hydrogen-bond acceptors (Lipinski definition) is 2. The average Bonchev–Trinajstić information content (AvgIpc) is 2.08. The molecule has 1 atom stereocenters. The molecule has 0 spiro atoms. The highest BCUT2D eigenvalue weighted by atomic mass is 32.2. The van der Waals surface area contributed by atoms with Crippen LogP contribution in [0.4, 0.5) is 0 Å². The second-order valence-corrected chi connectivity index (χ2v) is 10.5.